The molecular weight excluding hydrogens is 310 g/mol. The van der Waals surface area contributed by atoms with Gasteiger partial charge in [-0.25, -0.2) is 0 Å². The van der Waals surface area contributed by atoms with Gasteiger partial charge in [-0.3, -0.25) is 4.79 Å². The molecule has 0 aliphatic rings. The highest BCUT2D eigenvalue weighted by molar-refractivity contribution is 9.09. The number of alkyl halides is 1. The highest BCUT2D eigenvalue weighted by atomic mass is 79.9. The van der Waals surface area contributed by atoms with E-state index in [1.54, 1.807) is 19.2 Å². The Balaban J connectivity index is 2.56. The first-order chi connectivity index (χ1) is 9.02. The van der Waals surface area contributed by atoms with Crippen LogP contribution in [0.1, 0.15) is 24.2 Å². The second kappa shape index (κ2) is 8.17. The second-order valence-electron chi connectivity index (χ2n) is 4.46. The minimum Gasteiger partial charge on any atom is -0.491 e. The van der Waals surface area contributed by atoms with Gasteiger partial charge in [0, 0.05) is 19.2 Å². The van der Waals surface area contributed by atoms with Crippen molar-refractivity contribution in [2.75, 3.05) is 20.3 Å². The van der Waals surface area contributed by atoms with Crippen LogP contribution in [0.3, 0.4) is 0 Å². The first-order valence-corrected chi connectivity index (χ1v) is 7.12. The Morgan fingerprint density at radius 3 is 2.79 bits per heavy atom. The van der Waals surface area contributed by atoms with Crippen LogP contribution in [0.4, 0.5) is 0 Å². The van der Waals surface area contributed by atoms with E-state index in [9.17, 15) is 4.79 Å². The zero-order valence-electron chi connectivity index (χ0n) is 11.5. The zero-order chi connectivity index (χ0) is 14.3. The number of nitrogens with one attached hydrogen (secondary N) is 1. The quantitative estimate of drug-likeness (QED) is 0.782. The third kappa shape index (κ3) is 6.07. The van der Waals surface area contributed by atoms with Gasteiger partial charge in [-0.05, 0) is 32.0 Å². The molecule has 0 aliphatic carbocycles. The Labute approximate surface area is 122 Å². The summed E-state index contributed by atoms with van der Waals surface area (Å²) in [4.78, 5) is 12.1. The van der Waals surface area contributed by atoms with Crippen LogP contribution in [0.25, 0.3) is 0 Å². The summed E-state index contributed by atoms with van der Waals surface area (Å²) in [5.41, 5.74) is 0.593. The van der Waals surface area contributed by atoms with Gasteiger partial charge in [0.2, 0.25) is 0 Å². The average molecular weight is 330 g/mol. The summed E-state index contributed by atoms with van der Waals surface area (Å²) in [6, 6.07) is 7.17. The first kappa shape index (κ1) is 16.0. The molecule has 19 heavy (non-hydrogen) atoms. The van der Waals surface area contributed by atoms with E-state index in [0.29, 0.717) is 24.5 Å². The van der Waals surface area contributed by atoms with E-state index in [0.717, 1.165) is 0 Å². The summed E-state index contributed by atoms with van der Waals surface area (Å²) in [5.74, 6) is 0.588. The van der Waals surface area contributed by atoms with Crippen molar-refractivity contribution in [2.45, 2.75) is 24.8 Å². The molecular formula is C14H20BrNO3. The number of halogens is 1. The van der Waals surface area contributed by atoms with Crippen molar-refractivity contribution in [2.24, 2.45) is 0 Å². The number of methoxy groups -OCH3 is 1. The number of ether oxygens (including phenoxy) is 2. The lowest BCUT2D eigenvalue weighted by Crippen LogP contribution is -2.31. The molecule has 1 N–H and O–H groups in total. The first-order valence-electron chi connectivity index (χ1n) is 6.21. The summed E-state index contributed by atoms with van der Waals surface area (Å²) < 4.78 is 10.5. The SMILES string of the molecule is COCC(Br)CNC(=O)c1cccc(OC(C)C)c1. The molecule has 0 aliphatic heterocycles. The van der Waals surface area contributed by atoms with E-state index >= 15 is 0 Å². The van der Waals surface area contributed by atoms with Crippen LogP contribution in [0.5, 0.6) is 5.75 Å². The Morgan fingerprint density at radius 2 is 2.16 bits per heavy atom. The molecule has 1 rings (SSSR count). The minimum atomic E-state index is -0.116. The van der Waals surface area contributed by atoms with E-state index in [2.05, 4.69) is 21.2 Å². The molecule has 5 heteroatoms. The van der Waals surface area contributed by atoms with Crippen LogP contribution in [0, 0.1) is 0 Å². The molecule has 0 saturated carbocycles. The van der Waals surface area contributed by atoms with E-state index < -0.39 is 0 Å². The third-order valence-corrected chi connectivity index (χ3v) is 2.89. The van der Waals surface area contributed by atoms with Crippen molar-refractivity contribution in [3.8, 4) is 5.75 Å². The molecule has 0 heterocycles. The van der Waals surface area contributed by atoms with E-state index in [-0.39, 0.29) is 16.8 Å². The maximum atomic E-state index is 12.0. The van der Waals surface area contributed by atoms with Gasteiger partial charge in [0.1, 0.15) is 5.75 Å². The number of rotatable bonds is 7. The summed E-state index contributed by atoms with van der Waals surface area (Å²) in [6.07, 6.45) is 0.0898. The molecule has 0 fully saturated rings. The summed E-state index contributed by atoms with van der Waals surface area (Å²) >= 11 is 3.42. The van der Waals surface area contributed by atoms with Gasteiger partial charge in [-0.15, -0.1) is 0 Å². The zero-order valence-corrected chi connectivity index (χ0v) is 13.1. The monoisotopic (exact) mass is 329 g/mol. The average Bonchev–Trinajstić information content (AvgIpc) is 2.36. The van der Waals surface area contributed by atoms with Crippen molar-refractivity contribution in [1.82, 2.24) is 5.32 Å². The van der Waals surface area contributed by atoms with E-state index in [4.69, 9.17) is 9.47 Å². The van der Waals surface area contributed by atoms with Crippen LogP contribution < -0.4 is 10.1 Å². The van der Waals surface area contributed by atoms with Gasteiger partial charge in [0.15, 0.2) is 0 Å². The minimum absolute atomic E-state index is 0.0898. The van der Waals surface area contributed by atoms with Crippen molar-refractivity contribution in [3.05, 3.63) is 29.8 Å². The van der Waals surface area contributed by atoms with Crippen LogP contribution in [0.2, 0.25) is 0 Å². The molecule has 1 amide bonds. The topological polar surface area (TPSA) is 47.6 Å². The molecule has 0 bridgehead atoms. The molecule has 0 saturated heterocycles. The van der Waals surface area contributed by atoms with Gasteiger partial charge in [0.25, 0.3) is 5.91 Å². The van der Waals surface area contributed by atoms with Gasteiger partial charge >= 0.3 is 0 Å². The number of carbonyl (C=O) groups excluding carboxylic acids is 1. The Bertz CT molecular complexity index is 409. The lowest BCUT2D eigenvalue weighted by Gasteiger charge is -2.12. The molecule has 4 nitrogen and oxygen atoms in total. The molecule has 0 spiro atoms. The number of hydrogen-bond acceptors (Lipinski definition) is 3. The fraction of sp³-hybridized carbons (Fsp3) is 0.500. The normalized spacial score (nSPS) is 12.3. The van der Waals surface area contributed by atoms with Crippen molar-refractivity contribution in [3.63, 3.8) is 0 Å². The number of hydrogen-bond donors (Lipinski definition) is 1. The lowest BCUT2D eigenvalue weighted by molar-refractivity contribution is 0.0949. The Hall–Kier alpha value is -1.07. The fourth-order valence-corrected chi connectivity index (χ4v) is 1.95. The third-order valence-electron chi connectivity index (χ3n) is 2.30. The number of amides is 1. The predicted molar refractivity (Wildman–Crippen MR) is 79.1 cm³/mol. The van der Waals surface area contributed by atoms with Crippen molar-refractivity contribution < 1.29 is 14.3 Å². The van der Waals surface area contributed by atoms with Crippen LogP contribution in [-0.4, -0.2) is 37.1 Å². The molecule has 1 atom stereocenters. The highest BCUT2D eigenvalue weighted by Crippen LogP contribution is 2.14. The Kier molecular flexibility index (Phi) is 6.87. The molecule has 106 valence electrons. The van der Waals surface area contributed by atoms with Crippen LogP contribution in [-0.2, 0) is 4.74 Å². The van der Waals surface area contributed by atoms with E-state index in [1.165, 1.54) is 0 Å². The summed E-state index contributed by atoms with van der Waals surface area (Å²) in [5, 5.41) is 2.84. The van der Waals surface area contributed by atoms with Crippen molar-refractivity contribution >= 4 is 21.8 Å². The maximum Gasteiger partial charge on any atom is 0.251 e. The maximum absolute atomic E-state index is 12.0. The second-order valence-corrected chi connectivity index (χ2v) is 5.75. The number of benzene rings is 1. The van der Waals surface area contributed by atoms with E-state index in [1.807, 2.05) is 26.0 Å². The van der Waals surface area contributed by atoms with Gasteiger partial charge in [-0.1, -0.05) is 22.0 Å². The molecule has 1 aromatic rings. The predicted octanol–water partition coefficient (Wildman–Crippen LogP) is 2.61. The number of carbonyl (C=O) groups is 1. The summed E-state index contributed by atoms with van der Waals surface area (Å²) in [7, 11) is 1.63. The standard InChI is InChI=1S/C14H20BrNO3/c1-10(2)19-13-6-4-5-11(7-13)14(17)16-8-12(15)9-18-3/h4-7,10,12H,8-9H2,1-3H3,(H,16,17). The van der Waals surface area contributed by atoms with Gasteiger partial charge in [-0.2, -0.15) is 0 Å². The van der Waals surface area contributed by atoms with Crippen LogP contribution >= 0.6 is 15.9 Å². The Morgan fingerprint density at radius 1 is 1.42 bits per heavy atom. The van der Waals surface area contributed by atoms with Gasteiger partial charge in [0.05, 0.1) is 17.5 Å². The molecule has 1 aromatic carbocycles. The van der Waals surface area contributed by atoms with Crippen molar-refractivity contribution in [1.29, 1.82) is 0 Å². The summed E-state index contributed by atoms with van der Waals surface area (Å²) in [6.45, 7) is 4.97. The lowest BCUT2D eigenvalue weighted by atomic mass is 10.2. The van der Waals surface area contributed by atoms with Crippen LogP contribution in [0.15, 0.2) is 24.3 Å². The van der Waals surface area contributed by atoms with Gasteiger partial charge < -0.3 is 14.8 Å². The highest BCUT2D eigenvalue weighted by Gasteiger charge is 2.10. The molecule has 0 radical (unpaired) electrons. The smallest absolute Gasteiger partial charge is 0.251 e. The molecule has 0 aromatic heterocycles. The fourth-order valence-electron chi connectivity index (χ4n) is 1.53. The largest absolute Gasteiger partial charge is 0.491 e. The molecule has 1 unspecified atom stereocenters.